The summed E-state index contributed by atoms with van der Waals surface area (Å²) in [7, 11) is 3.51. The fraction of sp³-hybridized carbons (Fsp3) is 0.800. The van der Waals surface area contributed by atoms with Gasteiger partial charge in [-0.15, -0.1) is 0 Å². The predicted octanol–water partition coefficient (Wildman–Crippen LogP) is 1.17. The van der Waals surface area contributed by atoms with Gasteiger partial charge < -0.3 is 5.32 Å². The smallest absolute Gasteiger partial charge is 0.00793 e. The number of nitrogens with one attached hydrogen (secondary N) is 1. The molecule has 0 rings (SSSR count). The van der Waals surface area contributed by atoms with Crippen LogP contribution in [0.25, 0.3) is 0 Å². The highest BCUT2D eigenvalue weighted by atomic mass is 14.8. The lowest BCUT2D eigenvalue weighted by molar-refractivity contribution is 0.616. The van der Waals surface area contributed by atoms with Gasteiger partial charge in [0.15, 0.2) is 0 Å². The molecule has 1 N–H and O–H groups in total. The molecule has 0 unspecified atom stereocenters. The van der Waals surface area contributed by atoms with Gasteiger partial charge in [0.05, 0.1) is 0 Å². The Balaban J connectivity index is 2.75. The quantitative estimate of drug-likeness (QED) is 0.532. The molecule has 1 radical (unpaired) electrons. The van der Waals surface area contributed by atoms with Gasteiger partial charge in [-0.25, -0.2) is 0 Å². The molecule has 0 aliphatic carbocycles. The van der Waals surface area contributed by atoms with Crippen molar-refractivity contribution in [2.75, 3.05) is 0 Å². The normalized spacial score (nSPS) is 14.5. The summed E-state index contributed by atoms with van der Waals surface area (Å²) in [5.74, 6) is 0. The molecule has 0 amide bonds. The molecule has 0 heterocycles. The van der Waals surface area contributed by atoms with Crippen LogP contribution in [0.1, 0.15) is 20.3 Å². The van der Waals surface area contributed by atoms with E-state index in [1.165, 1.54) is 0 Å². The molecular formula is C5H12N. The first-order valence-electron chi connectivity index (χ1n) is 2.33. The van der Waals surface area contributed by atoms with Gasteiger partial charge in [-0.1, -0.05) is 6.92 Å². The lowest BCUT2D eigenvalue weighted by Gasteiger charge is -2.01. The molecular weight excluding hydrogens is 74.1 g/mol. The SMILES string of the molecule is [CH2]N[C@H](C)CC. The van der Waals surface area contributed by atoms with Crippen molar-refractivity contribution >= 4 is 0 Å². The summed E-state index contributed by atoms with van der Waals surface area (Å²) >= 11 is 0. The van der Waals surface area contributed by atoms with E-state index in [2.05, 4.69) is 26.2 Å². The Morgan fingerprint density at radius 3 is 2.33 bits per heavy atom. The second-order valence-electron chi connectivity index (χ2n) is 1.51. The molecule has 0 fully saturated rings. The van der Waals surface area contributed by atoms with Gasteiger partial charge in [0.25, 0.3) is 0 Å². The molecule has 0 aliphatic rings. The van der Waals surface area contributed by atoms with E-state index in [1.807, 2.05) is 0 Å². The highest BCUT2D eigenvalue weighted by molar-refractivity contribution is 4.52. The van der Waals surface area contributed by atoms with Crippen LogP contribution in [-0.4, -0.2) is 6.04 Å². The van der Waals surface area contributed by atoms with Gasteiger partial charge in [-0.2, -0.15) is 0 Å². The Morgan fingerprint density at radius 2 is 2.33 bits per heavy atom. The Bertz CT molecular complexity index is 23.1. The summed E-state index contributed by atoms with van der Waals surface area (Å²) in [5, 5.41) is 2.86. The van der Waals surface area contributed by atoms with Crippen molar-refractivity contribution in [1.82, 2.24) is 5.32 Å². The van der Waals surface area contributed by atoms with E-state index >= 15 is 0 Å². The van der Waals surface area contributed by atoms with Crippen molar-refractivity contribution < 1.29 is 0 Å². The molecule has 0 saturated heterocycles. The first-order chi connectivity index (χ1) is 2.81. The number of rotatable bonds is 2. The lowest BCUT2D eigenvalue weighted by Crippen LogP contribution is -2.16. The first-order valence-corrected chi connectivity index (χ1v) is 2.33. The van der Waals surface area contributed by atoms with E-state index in [4.69, 9.17) is 0 Å². The number of hydrogen-bond donors (Lipinski definition) is 1. The maximum atomic E-state index is 3.51. The number of hydrogen-bond acceptors (Lipinski definition) is 1. The Morgan fingerprint density at radius 1 is 1.83 bits per heavy atom. The zero-order valence-corrected chi connectivity index (χ0v) is 4.49. The van der Waals surface area contributed by atoms with Crippen molar-refractivity contribution in [1.29, 1.82) is 0 Å². The van der Waals surface area contributed by atoms with Crippen LogP contribution in [0.5, 0.6) is 0 Å². The van der Waals surface area contributed by atoms with Crippen molar-refractivity contribution in [2.45, 2.75) is 26.3 Å². The molecule has 1 heteroatoms. The maximum absolute atomic E-state index is 3.51. The minimum absolute atomic E-state index is 0.574. The summed E-state index contributed by atoms with van der Waals surface area (Å²) < 4.78 is 0. The highest BCUT2D eigenvalue weighted by Gasteiger charge is 1.86. The van der Waals surface area contributed by atoms with E-state index in [-0.39, 0.29) is 0 Å². The fourth-order valence-electron chi connectivity index (χ4n) is 0.144. The predicted molar refractivity (Wildman–Crippen MR) is 28.2 cm³/mol. The van der Waals surface area contributed by atoms with Gasteiger partial charge in [0.2, 0.25) is 0 Å². The van der Waals surface area contributed by atoms with E-state index in [0.717, 1.165) is 6.42 Å². The summed E-state index contributed by atoms with van der Waals surface area (Å²) in [6, 6.07) is 0.574. The van der Waals surface area contributed by atoms with Crippen molar-refractivity contribution in [3.63, 3.8) is 0 Å². The minimum atomic E-state index is 0.574. The third-order valence-electron chi connectivity index (χ3n) is 0.961. The van der Waals surface area contributed by atoms with Gasteiger partial charge in [0.1, 0.15) is 0 Å². The Hall–Kier alpha value is -0.0400. The Labute approximate surface area is 39.7 Å². The van der Waals surface area contributed by atoms with Gasteiger partial charge >= 0.3 is 0 Å². The Kier molecular flexibility index (Phi) is 3.14. The molecule has 0 aromatic rings. The average molecular weight is 86.2 g/mol. The largest absolute Gasteiger partial charge is 0.313 e. The van der Waals surface area contributed by atoms with Crippen LogP contribution >= 0.6 is 0 Å². The van der Waals surface area contributed by atoms with Crippen molar-refractivity contribution in [3.8, 4) is 0 Å². The van der Waals surface area contributed by atoms with Crippen LogP contribution in [0.3, 0.4) is 0 Å². The molecule has 1 atom stereocenters. The molecule has 0 aliphatic heterocycles. The molecule has 0 spiro atoms. The van der Waals surface area contributed by atoms with Crippen LogP contribution in [0.15, 0.2) is 0 Å². The van der Waals surface area contributed by atoms with Crippen LogP contribution in [0, 0.1) is 7.05 Å². The summed E-state index contributed by atoms with van der Waals surface area (Å²) in [5.41, 5.74) is 0. The van der Waals surface area contributed by atoms with E-state index in [0.29, 0.717) is 6.04 Å². The zero-order valence-electron chi connectivity index (χ0n) is 4.49. The van der Waals surface area contributed by atoms with Crippen LogP contribution < -0.4 is 5.32 Å². The standard InChI is InChI=1S/C5H12N/c1-4-5(2)6-3/h5-6H,3-4H2,1-2H3/t5-/m1/s1. The second kappa shape index (κ2) is 3.16. The highest BCUT2D eigenvalue weighted by Crippen LogP contribution is 1.83. The molecule has 0 aromatic heterocycles. The maximum Gasteiger partial charge on any atom is 0.00793 e. The molecule has 37 valence electrons. The van der Waals surface area contributed by atoms with Gasteiger partial charge in [-0.05, 0) is 13.3 Å². The average Bonchev–Trinajstić information content (AvgIpc) is 1.65. The third-order valence-corrected chi connectivity index (χ3v) is 0.961. The van der Waals surface area contributed by atoms with E-state index < -0.39 is 0 Å². The minimum Gasteiger partial charge on any atom is -0.313 e. The van der Waals surface area contributed by atoms with Crippen LogP contribution in [0.4, 0.5) is 0 Å². The van der Waals surface area contributed by atoms with Gasteiger partial charge in [-0.3, -0.25) is 0 Å². The lowest BCUT2D eigenvalue weighted by atomic mass is 10.3. The third kappa shape index (κ3) is 2.21. The summed E-state index contributed by atoms with van der Waals surface area (Å²) in [6.45, 7) is 4.23. The van der Waals surface area contributed by atoms with Crippen molar-refractivity contribution in [2.24, 2.45) is 0 Å². The van der Waals surface area contributed by atoms with Gasteiger partial charge in [0, 0.05) is 13.1 Å². The second-order valence-corrected chi connectivity index (χ2v) is 1.51. The first kappa shape index (κ1) is 5.96. The van der Waals surface area contributed by atoms with Crippen molar-refractivity contribution in [3.05, 3.63) is 7.05 Å². The van der Waals surface area contributed by atoms with Crippen LogP contribution in [-0.2, 0) is 0 Å². The molecule has 0 bridgehead atoms. The molecule has 0 aromatic carbocycles. The summed E-state index contributed by atoms with van der Waals surface area (Å²) in [4.78, 5) is 0. The monoisotopic (exact) mass is 86.1 g/mol. The topological polar surface area (TPSA) is 12.0 Å². The van der Waals surface area contributed by atoms with E-state index in [1.54, 1.807) is 0 Å². The molecule has 6 heavy (non-hydrogen) atoms. The molecule has 1 nitrogen and oxygen atoms in total. The zero-order chi connectivity index (χ0) is 4.99. The van der Waals surface area contributed by atoms with E-state index in [9.17, 15) is 0 Å². The van der Waals surface area contributed by atoms with Crippen LogP contribution in [0.2, 0.25) is 0 Å². The fourth-order valence-corrected chi connectivity index (χ4v) is 0.144. The molecule has 0 saturated carbocycles. The summed E-state index contributed by atoms with van der Waals surface area (Å²) in [6.07, 6.45) is 1.16.